The van der Waals surface area contributed by atoms with E-state index in [0.29, 0.717) is 17.7 Å². The maximum absolute atomic E-state index is 12.7. The van der Waals surface area contributed by atoms with Gasteiger partial charge in [-0.25, -0.2) is 4.39 Å². The highest BCUT2D eigenvalue weighted by atomic mass is 32.1. The molecule has 1 heterocycles. The van der Waals surface area contributed by atoms with E-state index in [1.807, 2.05) is 0 Å². The van der Waals surface area contributed by atoms with Crippen molar-refractivity contribution in [1.29, 1.82) is 0 Å². The van der Waals surface area contributed by atoms with Crippen LogP contribution in [-0.4, -0.2) is 5.11 Å². The number of halogens is 1. The fourth-order valence-electron chi connectivity index (χ4n) is 0.971. The van der Waals surface area contributed by atoms with Gasteiger partial charge in [-0.1, -0.05) is 0 Å². The molecular weight excluding hydrogens is 151 g/mol. The van der Waals surface area contributed by atoms with Crippen molar-refractivity contribution in [3.8, 4) is 0 Å². The Bertz CT molecular complexity index is 252. The topological polar surface area (TPSA) is 20.2 Å². The van der Waals surface area contributed by atoms with Gasteiger partial charge in [-0.2, -0.15) is 0 Å². The van der Waals surface area contributed by atoms with Gasteiger partial charge in [-0.05, 0) is 24.3 Å². The number of hydrogen-bond acceptors (Lipinski definition) is 2. The molecule has 1 aliphatic rings. The third-order valence-corrected chi connectivity index (χ3v) is 2.85. The van der Waals surface area contributed by atoms with Crippen molar-refractivity contribution in [3.63, 3.8) is 0 Å². The Morgan fingerprint density at radius 3 is 2.70 bits per heavy atom. The van der Waals surface area contributed by atoms with E-state index >= 15 is 0 Å². The third-order valence-electron chi connectivity index (χ3n) is 1.76. The largest absolute Gasteiger partial charge is 0.384 e. The summed E-state index contributed by atoms with van der Waals surface area (Å²) in [5.74, 6) is -0.259. The number of aliphatic hydroxyl groups is 1. The summed E-state index contributed by atoms with van der Waals surface area (Å²) in [5, 5.41) is 11.1. The molecule has 0 radical (unpaired) electrons. The quantitative estimate of drug-likeness (QED) is 0.661. The van der Waals surface area contributed by atoms with Crippen LogP contribution in [-0.2, 0) is 5.60 Å². The van der Waals surface area contributed by atoms with Crippen LogP contribution in [0, 0.1) is 5.82 Å². The van der Waals surface area contributed by atoms with Gasteiger partial charge in [-0.3, -0.25) is 0 Å². The molecule has 0 unspecified atom stereocenters. The molecule has 1 saturated carbocycles. The predicted molar refractivity (Wildman–Crippen MR) is 37.4 cm³/mol. The predicted octanol–water partition coefficient (Wildman–Crippen LogP) is 1.87. The zero-order chi connectivity index (χ0) is 7.19. The van der Waals surface area contributed by atoms with Gasteiger partial charge in [0, 0.05) is 0 Å². The Labute approximate surface area is 62.1 Å². The van der Waals surface area contributed by atoms with E-state index in [2.05, 4.69) is 0 Å². The molecule has 10 heavy (non-hydrogen) atoms. The summed E-state index contributed by atoms with van der Waals surface area (Å²) in [6.07, 6.45) is 1.43. The highest BCUT2D eigenvalue weighted by molar-refractivity contribution is 7.10. The van der Waals surface area contributed by atoms with Crippen LogP contribution in [0.15, 0.2) is 11.4 Å². The second-order valence-corrected chi connectivity index (χ2v) is 3.55. The van der Waals surface area contributed by atoms with Crippen LogP contribution in [0.25, 0.3) is 0 Å². The molecule has 0 saturated heterocycles. The molecule has 3 heteroatoms. The molecule has 0 aromatic carbocycles. The van der Waals surface area contributed by atoms with Crippen molar-refractivity contribution < 1.29 is 9.50 Å². The zero-order valence-corrected chi connectivity index (χ0v) is 6.12. The number of thiophene rings is 1. The summed E-state index contributed by atoms with van der Waals surface area (Å²) in [4.78, 5) is 0.507. The van der Waals surface area contributed by atoms with E-state index in [9.17, 15) is 9.50 Å². The van der Waals surface area contributed by atoms with Crippen molar-refractivity contribution >= 4 is 11.3 Å². The molecule has 0 spiro atoms. The van der Waals surface area contributed by atoms with Crippen molar-refractivity contribution in [2.24, 2.45) is 0 Å². The van der Waals surface area contributed by atoms with Gasteiger partial charge >= 0.3 is 0 Å². The second-order valence-electron chi connectivity index (χ2n) is 2.63. The molecule has 0 bridgehead atoms. The first-order chi connectivity index (χ1) is 4.72. The summed E-state index contributed by atoms with van der Waals surface area (Å²) >= 11 is 1.29. The van der Waals surface area contributed by atoms with E-state index in [0.717, 1.165) is 0 Å². The molecule has 1 fully saturated rings. The fourth-order valence-corrected chi connectivity index (χ4v) is 1.90. The Kier molecular flexibility index (Phi) is 1.13. The third kappa shape index (κ3) is 0.777. The van der Waals surface area contributed by atoms with Gasteiger partial charge in [0.2, 0.25) is 0 Å². The molecule has 1 aromatic rings. The minimum Gasteiger partial charge on any atom is -0.384 e. The summed E-state index contributed by atoms with van der Waals surface area (Å²) in [5.41, 5.74) is -0.793. The van der Waals surface area contributed by atoms with E-state index in [1.165, 1.54) is 17.4 Å². The summed E-state index contributed by atoms with van der Waals surface area (Å²) in [6.45, 7) is 0. The van der Waals surface area contributed by atoms with E-state index in [-0.39, 0.29) is 5.82 Å². The monoisotopic (exact) mass is 158 g/mol. The van der Waals surface area contributed by atoms with Gasteiger partial charge in [0.05, 0.1) is 4.88 Å². The fraction of sp³-hybridized carbons (Fsp3) is 0.429. The standard InChI is InChI=1S/C7H7FOS/c8-5-1-4-10-6(5)7(9)2-3-7/h1,4,9H,2-3H2. The van der Waals surface area contributed by atoms with Crippen LogP contribution in [0.3, 0.4) is 0 Å². The maximum Gasteiger partial charge on any atom is 0.140 e. The van der Waals surface area contributed by atoms with Crippen LogP contribution >= 0.6 is 11.3 Å². The molecule has 1 nitrogen and oxygen atoms in total. The summed E-state index contributed by atoms with van der Waals surface area (Å²) in [6, 6.07) is 1.40. The van der Waals surface area contributed by atoms with Crippen LogP contribution in [0.2, 0.25) is 0 Å². The van der Waals surface area contributed by atoms with Gasteiger partial charge in [0.25, 0.3) is 0 Å². The average molecular weight is 158 g/mol. The lowest BCUT2D eigenvalue weighted by molar-refractivity contribution is 0.151. The molecule has 0 aliphatic heterocycles. The Balaban J connectivity index is 2.42. The zero-order valence-electron chi connectivity index (χ0n) is 5.30. The summed E-state index contributed by atoms with van der Waals surface area (Å²) in [7, 11) is 0. The average Bonchev–Trinajstić information content (AvgIpc) is 2.44. The molecule has 1 aliphatic carbocycles. The second kappa shape index (κ2) is 1.80. The lowest BCUT2D eigenvalue weighted by Gasteiger charge is -2.02. The normalized spacial score (nSPS) is 21.0. The Morgan fingerprint density at radius 1 is 1.60 bits per heavy atom. The van der Waals surface area contributed by atoms with E-state index in [4.69, 9.17) is 0 Å². The first-order valence-electron chi connectivity index (χ1n) is 3.18. The smallest absolute Gasteiger partial charge is 0.140 e. The van der Waals surface area contributed by atoms with E-state index in [1.54, 1.807) is 5.38 Å². The van der Waals surface area contributed by atoms with Gasteiger partial charge < -0.3 is 5.11 Å². The lowest BCUT2D eigenvalue weighted by atomic mass is 10.3. The molecular formula is C7H7FOS. The first-order valence-corrected chi connectivity index (χ1v) is 4.06. The molecule has 2 rings (SSSR count). The Hall–Kier alpha value is -0.410. The highest BCUT2D eigenvalue weighted by Crippen LogP contribution is 2.48. The van der Waals surface area contributed by atoms with Crippen molar-refractivity contribution in [1.82, 2.24) is 0 Å². The minimum atomic E-state index is -0.793. The van der Waals surface area contributed by atoms with Crippen LogP contribution < -0.4 is 0 Å². The Morgan fingerprint density at radius 2 is 2.30 bits per heavy atom. The van der Waals surface area contributed by atoms with Crippen LogP contribution in [0.1, 0.15) is 17.7 Å². The molecule has 1 N–H and O–H groups in total. The van der Waals surface area contributed by atoms with Crippen molar-refractivity contribution in [2.75, 3.05) is 0 Å². The maximum atomic E-state index is 12.7. The van der Waals surface area contributed by atoms with Crippen LogP contribution in [0.5, 0.6) is 0 Å². The molecule has 1 aromatic heterocycles. The minimum absolute atomic E-state index is 0.259. The highest BCUT2D eigenvalue weighted by Gasteiger charge is 2.45. The van der Waals surface area contributed by atoms with Crippen molar-refractivity contribution in [3.05, 3.63) is 22.1 Å². The molecule has 54 valence electrons. The van der Waals surface area contributed by atoms with E-state index < -0.39 is 5.60 Å². The number of hydrogen-bond donors (Lipinski definition) is 1. The summed E-state index contributed by atoms with van der Waals surface area (Å²) < 4.78 is 12.7. The van der Waals surface area contributed by atoms with Gasteiger partial charge in [0.1, 0.15) is 11.4 Å². The SMILES string of the molecule is OC1(c2sccc2F)CC1. The molecule has 0 atom stereocenters. The molecule has 0 amide bonds. The first kappa shape index (κ1) is 6.31. The number of rotatable bonds is 1. The van der Waals surface area contributed by atoms with Crippen LogP contribution in [0.4, 0.5) is 4.39 Å². The van der Waals surface area contributed by atoms with Gasteiger partial charge in [0.15, 0.2) is 0 Å². The lowest BCUT2D eigenvalue weighted by Crippen LogP contribution is -2.02. The van der Waals surface area contributed by atoms with Gasteiger partial charge in [-0.15, -0.1) is 11.3 Å². The van der Waals surface area contributed by atoms with Crippen molar-refractivity contribution in [2.45, 2.75) is 18.4 Å².